The highest BCUT2D eigenvalue weighted by atomic mass is 16.4. The van der Waals surface area contributed by atoms with E-state index in [0.717, 1.165) is 13.1 Å². The summed E-state index contributed by atoms with van der Waals surface area (Å²) < 4.78 is 0. The monoisotopic (exact) mass is 211 g/mol. The molecule has 2 rings (SSSR count). The fraction of sp³-hybridized carbons (Fsp3) is 0.818. The third kappa shape index (κ3) is 3.53. The maximum atomic E-state index is 11.6. The Morgan fingerprint density at radius 1 is 1.07 bits per heavy atom. The van der Waals surface area contributed by atoms with E-state index < -0.39 is 5.97 Å². The molecule has 4 nitrogen and oxygen atoms in total. The first kappa shape index (κ1) is 10.5. The van der Waals surface area contributed by atoms with Crippen LogP contribution in [0.5, 0.6) is 0 Å². The van der Waals surface area contributed by atoms with E-state index in [-0.39, 0.29) is 12.3 Å². The molecule has 0 aromatic carbocycles. The Bertz CT molecular complexity index is 255. The molecule has 0 aromatic rings. The number of carboxylic acids is 1. The number of nitrogens with zero attached hydrogens (tertiary/aromatic N) is 1. The van der Waals surface area contributed by atoms with Crippen LogP contribution in [0.15, 0.2) is 0 Å². The maximum absolute atomic E-state index is 11.6. The first-order chi connectivity index (χ1) is 7.15. The summed E-state index contributed by atoms with van der Waals surface area (Å²) in [7, 11) is 0. The van der Waals surface area contributed by atoms with Crippen molar-refractivity contribution < 1.29 is 14.7 Å². The van der Waals surface area contributed by atoms with Crippen LogP contribution in [0, 0.1) is 11.8 Å². The Balaban J connectivity index is 1.83. The van der Waals surface area contributed by atoms with Crippen molar-refractivity contribution in [2.75, 3.05) is 13.1 Å². The van der Waals surface area contributed by atoms with Crippen LogP contribution in [-0.2, 0) is 9.59 Å². The van der Waals surface area contributed by atoms with Crippen LogP contribution in [0.2, 0.25) is 0 Å². The average molecular weight is 211 g/mol. The molecule has 1 amide bonds. The molecule has 2 aliphatic rings. The summed E-state index contributed by atoms with van der Waals surface area (Å²) in [4.78, 5) is 23.9. The number of carbonyl (C=O) groups is 2. The molecule has 0 spiro atoms. The highest BCUT2D eigenvalue weighted by Crippen LogP contribution is 2.33. The van der Waals surface area contributed by atoms with Crippen LogP contribution < -0.4 is 0 Å². The molecule has 0 unspecified atom stereocenters. The number of aliphatic carboxylic acids is 1. The second kappa shape index (κ2) is 4.21. The highest BCUT2D eigenvalue weighted by Gasteiger charge is 2.31. The first-order valence-electron chi connectivity index (χ1n) is 5.64. The zero-order chi connectivity index (χ0) is 10.8. The second-order valence-corrected chi connectivity index (χ2v) is 4.76. The molecule has 15 heavy (non-hydrogen) atoms. The second-order valence-electron chi connectivity index (χ2n) is 4.76. The summed E-state index contributed by atoms with van der Waals surface area (Å²) in [6, 6.07) is 0. The van der Waals surface area contributed by atoms with E-state index in [1.165, 1.54) is 25.7 Å². The van der Waals surface area contributed by atoms with Crippen molar-refractivity contribution in [3.8, 4) is 0 Å². The van der Waals surface area contributed by atoms with Gasteiger partial charge in [-0.05, 0) is 37.5 Å². The Morgan fingerprint density at radius 2 is 1.53 bits per heavy atom. The third-order valence-corrected chi connectivity index (χ3v) is 3.01. The zero-order valence-corrected chi connectivity index (χ0v) is 8.82. The van der Waals surface area contributed by atoms with Crippen molar-refractivity contribution >= 4 is 11.9 Å². The normalized spacial score (nSPS) is 20.0. The van der Waals surface area contributed by atoms with Crippen LogP contribution >= 0.6 is 0 Å². The van der Waals surface area contributed by atoms with Gasteiger partial charge in [0.05, 0.1) is 0 Å². The molecule has 2 fully saturated rings. The SMILES string of the molecule is O=C(O)CC(=O)N(CC1CC1)CC1CC1. The van der Waals surface area contributed by atoms with E-state index in [1.54, 1.807) is 4.90 Å². The molecule has 0 saturated heterocycles. The van der Waals surface area contributed by atoms with Crippen LogP contribution in [0.4, 0.5) is 0 Å². The number of hydrogen-bond acceptors (Lipinski definition) is 2. The van der Waals surface area contributed by atoms with Crippen LogP contribution in [-0.4, -0.2) is 35.0 Å². The molecule has 1 N–H and O–H groups in total. The van der Waals surface area contributed by atoms with Gasteiger partial charge >= 0.3 is 5.97 Å². The summed E-state index contributed by atoms with van der Waals surface area (Å²) in [6.07, 6.45) is 4.44. The fourth-order valence-electron chi connectivity index (χ4n) is 1.74. The largest absolute Gasteiger partial charge is 0.481 e. The number of amides is 1. The molecular formula is C11H17NO3. The molecular weight excluding hydrogens is 194 g/mol. The van der Waals surface area contributed by atoms with Gasteiger partial charge < -0.3 is 10.0 Å². The lowest BCUT2D eigenvalue weighted by molar-refractivity contribution is -0.144. The van der Waals surface area contributed by atoms with E-state index in [1.807, 2.05) is 0 Å². The van der Waals surface area contributed by atoms with Gasteiger partial charge in [-0.2, -0.15) is 0 Å². The smallest absolute Gasteiger partial charge is 0.312 e. The summed E-state index contributed by atoms with van der Waals surface area (Å²) in [6.45, 7) is 1.56. The lowest BCUT2D eigenvalue weighted by Gasteiger charge is -2.21. The standard InChI is InChI=1S/C11H17NO3/c13-10(5-11(14)15)12(6-8-1-2-8)7-9-3-4-9/h8-9H,1-7H2,(H,14,15). The zero-order valence-electron chi connectivity index (χ0n) is 8.82. The van der Waals surface area contributed by atoms with Gasteiger partial charge in [0.1, 0.15) is 6.42 Å². The van der Waals surface area contributed by atoms with Crippen molar-refractivity contribution in [3.63, 3.8) is 0 Å². The predicted octanol–water partition coefficient (Wildman–Crippen LogP) is 1.11. The third-order valence-electron chi connectivity index (χ3n) is 3.01. The van der Waals surface area contributed by atoms with E-state index in [9.17, 15) is 9.59 Å². The molecule has 0 radical (unpaired) electrons. The fourth-order valence-corrected chi connectivity index (χ4v) is 1.74. The minimum atomic E-state index is -1.02. The van der Waals surface area contributed by atoms with Gasteiger partial charge in [-0.15, -0.1) is 0 Å². The Hall–Kier alpha value is -1.06. The molecule has 2 aliphatic carbocycles. The minimum absolute atomic E-state index is 0.207. The lowest BCUT2D eigenvalue weighted by atomic mass is 10.2. The summed E-state index contributed by atoms with van der Waals surface area (Å²) >= 11 is 0. The molecule has 2 saturated carbocycles. The molecule has 0 bridgehead atoms. The quantitative estimate of drug-likeness (QED) is 0.669. The van der Waals surface area contributed by atoms with E-state index in [4.69, 9.17) is 5.11 Å². The number of hydrogen-bond donors (Lipinski definition) is 1. The predicted molar refractivity (Wildman–Crippen MR) is 54.3 cm³/mol. The highest BCUT2D eigenvalue weighted by molar-refractivity contribution is 5.93. The van der Waals surface area contributed by atoms with Crippen molar-refractivity contribution in [1.29, 1.82) is 0 Å². The lowest BCUT2D eigenvalue weighted by Crippen LogP contribution is -2.35. The van der Waals surface area contributed by atoms with Gasteiger partial charge in [-0.3, -0.25) is 9.59 Å². The Kier molecular flexibility index (Phi) is 2.93. The summed E-state index contributed by atoms with van der Waals surface area (Å²) in [5.41, 5.74) is 0. The van der Waals surface area contributed by atoms with E-state index >= 15 is 0 Å². The Labute approximate surface area is 89.3 Å². The van der Waals surface area contributed by atoms with Gasteiger partial charge in [0.25, 0.3) is 0 Å². The van der Waals surface area contributed by atoms with Crippen molar-refractivity contribution in [3.05, 3.63) is 0 Å². The van der Waals surface area contributed by atoms with Gasteiger partial charge in [0.15, 0.2) is 0 Å². The average Bonchev–Trinajstić information content (AvgIpc) is 2.95. The van der Waals surface area contributed by atoms with Crippen molar-refractivity contribution in [1.82, 2.24) is 4.90 Å². The summed E-state index contributed by atoms with van der Waals surface area (Å²) in [5.74, 6) is 0.0564. The Morgan fingerprint density at radius 3 is 1.87 bits per heavy atom. The van der Waals surface area contributed by atoms with E-state index in [2.05, 4.69) is 0 Å². The van der Waals surface area contributed by atoms with E-state index in [0.29, 0.717) is 11.8 Å². The van der Waals surface area contributed by atoms with Crippen LogP contribution in [0.25, 0.3) is 0 Å². The number of rotatable bonds is 6. The minimum Gasteiger partial charge on any atom is -0.481 e. The van der Waals surface area contributed by atoms with Crippen molar-refractivity contribution in [2.45, 2.75) is 32.1 Å². The van der Waals surface area contributed by atoms with Gasteiger partial charge in [0.2, 0.25) is 5.91 Å². The number of carboxylic acid groups (broad SMARTS) is 1. The van der Waals surface area contributed by atoms with Gasteiger partial charge in [-0.1, -0.05) is 0 Å². The molecule has 84 valence electrons. The number of carbonyl (C=O) groups excluding carboxylic acids is 1. The van der Waals surface area contributed by atoms with Crippen LogP contribution in [0.3, 0.4) is 0 Å². The molecule has 0 heterocycles. The molecule has 0 atom stereocenters. The topological polar surface area (TPSA) is 57.6 Å². The van der Waals surface area contributed by atoms with Gasteiger partial charge in [-0.25, -0.2) is 0 Å². The van der Waals surface area contributed by atoms with Crippen LogP contribution in [0.1, 0.15) is 32.1 Å². The van der Waals surface area contributed by atoms with Gasteiger partial charge in [0, 0.05) is 13.1 Å². The van der Waals surface area contributed by atoms with Crippen molar-refractivity contribution in [2.24, 2.45) is 11.8 Å². The maximum Gasteiger partial charge on any atom is 0.312 e. The summed E-state index contributed by atoms with van der Waals surface area (Å²) in [5, 5.41) is 8.58. The molecule has 0 aromatic heterocycles. The first-order valence-corrected chi connectivity index (χ1v) is 5.64. The molecule has 0 aliphatic heterocycles. The molecule has 4 heteroatoms.